The molecule has 0 radical (unpaired) electrons. The van der Waals surface area contributed by atoms with Gasteiger partial charge in [0.15, 0.2) is 0 Å². The van der Waals surface area contributed by atoms with Gasteiger partial charge in [-0.15, -0.1) is 6.58 Å². The molecule has 3 rings (SSSR count). The van der Waals surface area contributed by atoms with E-state index in [2.05, 4.69) is 46.1 Å². The van der Waals surface area contributed by atoms with Crippen molar-refractivity contribution >= 4 is 0 Å². The van der Waals surface area contributed by atoms with Crippen LogP contribution in [0.3, 0.4) is 0 Å². The Morgan fingerprint density at radius 3 is 2.92 bits per heavy atom. The summed E-state index contributed by atoms with van der Waals surface area (Å²) in [5.74, 6) is 0. The van der Waals surface area contributed by atoms with E-state index in [0.717, 1.165) is 25.3 Å². The molecule has 0 amide bonds. The molecule has 0 saturated carbocycles. The summed E-state index contributed by atoms with van der Waals surface area (Å²) < 4.78 is 1.94. The monoisotopic (exact) mass is 325 g/mol. The Balaban J connectivity index is 1.62. The fourth-order valence-electron chi connectivity index (χ4n) is 3.39. The number of rotatable bonds is 8. The van der Waals surface area contributed by atoms with E-state index in [1.54, 1.807) is 0 Å². The van der Waals surface area contributed by atoms with Crippen molar-refractivity contribution in [1.29, 1.82) is 0 Å². The summed E-state index contributed by atoms with van der Waals surface area (Å²) >= 11 is 0. The molecule has 1 fully saturated rings. The van der Waals surface area contributed by atoms with Crippen LogP contribution in [-0.4, -0.2) is 39.3 Å². The Kier molecular flexibility index (Phi) is 5.77. The second kappa shape index (κ2) is 8.22. The highest BCUT2D eigenvalue weighted by Crippen LogP contribution is 2.24. The van der Waals surface area contributed by atoms with E-state index in [9.17, 15) is 0 Å². The summed E-state index contributed by atoms with van der Waals surface area (Å²) in [6.45, 7) is 10.7. The Labute approximate surface area is 144 Å². The van der Waals surface area contributed by atoms with Crippen LogP contribution in [0.1, 0.15) is 35.7 Å². The van der Waals surface area contributed by atoms with Gasteiger partial charge >= 0.3 is 0 Å². The van der Waals surface area contributed by atoms with Gasteiger partial charge in [-0.25, -0.2) is 0 Å². The van der Waals surface area contributed by atoms with Crippen LogP contribution in [-0.2, 0) is 13.1 Å². The predicted molar refractivity (Wildman–Crippen MR) is 96.7 cm³/mol. The average molecular weight is 325 g/mol. The van der Waals surface area contributed by atoms with Gasteiger partial charge in [0.2, 0.25) is 0 Å². The Morgan fingerprint density at radius 1 is 1.38 bits per heavy atom. The highest BCUT2D eigenvalue weighted by Gasteiger charge is 2.23. The molecular weight excluding hydrogens is 298 g/mol. The van der Waals surface area contributed by atoms with E-state index < -0.39 is 0 Å². The first-order chi connectivity index (χ1) is 11.8. The molecule has 1 aliphatic heterocycles. The van der Waals surface area contributed by atoms with Gasteiger partial charge in [0.1, 0.15) is 0 Å². The summed E-state index contributed by atoms with van der Waals surface area (Å²) in [6, 6.07) is 4.61. The molecule has 2 aromatic rings. The third-order valence-electron chi connectivity index (χ3n) is 4.67. The van der Waals surface area contributed by atoms with E-state index in [4.69, 9.17) is 0 Å². The number of nitrogens with one attached hydrogen (secondary N) is 1. The van der Waals surface area contributed by atoms with Crippen LogP contribution in [0.2, 0.25) is 0 Å². The van der Waals surface area contributed by atoms with Crippen molar-refractivity contribution in [2.24, 2.45) is 0 Å². The molecule has 0 spiro atoms. The molecule has 24 heavy (non-hydrogen) atoms. The summed E-state index contributed by atoms with van der Waals surface area (Å²) in [5, 5.41) is 8.14. The van der Waals surface area contributed by atoms with Crippen LogP contribution >= 0.6 is 0 Å². The zero-order valence-electron chi connectivity index (χ0n) is 14.5. The maximum atomic E-state index is 4.52. The lowest BCUT2D eigenvalue weighted by Crippen LogP contribution is -2.34. The Morgan fingerprint density at radius 2 is 2.21 bits per heavy atom. The molecule has 1 aliphatic rings. The molecule has 1 atom stereocenters. The number of hydrogen-bond acceptors (Lipinski definition) is 4. The van der Waals surface area contributed by atoms with Crippen molar-refractivity contribution in [1.82, 2.24) is 25.0 Å². The average Bonchev–Trinajstić information content (AvgIpc) is 3.23. The van der Waals surface area contributed by atoms with Crippen molar-refractivity contribution < 1.29 is 0 Å². The van der Waals surface area contributed by atoms with Crippen LogP contribution in [0.25, 0.3) is 0 Å². The highest BCUT2D eigenvalue weighted by molar-refractivity contribution is 5.17. The van der Waals surface area contributed by atoms with Gasteiger partial charge in [0, 0.05) is 43.3 Å². The smallest absolute Gasteiger partial charge is 0.0638 e. The number of nitrogens with zero attached hydrogens (tertiary/aromatic N) is 4. The summed E-state index contributed by atoms with van der Waals surface area (Å²) in [7, 11) is 0. The molecule has 2 aromatic heterocycles. The summed E-state index contributed by atoms with van der Waals surface area (Å²) in [4.78, 5) is 6.87. The lowest BCUT2D eigenvalue weighted by Gasteiger charge is -2.28. The minimum absolute atomic E-state index is 0.393. The van der Waals surface area contributed by atoms with E-state index in [1.165, 1.54) is 37.1 Å². The van der Waals surface area contributed by atoms with Gasteiger partial charge in [-0.3, -0.25) is 14.6 Å². The number of allylic oxidation sites excluding steroid dienone is 1. The molecule has 0 aliphatic carbocycles. The van der Waals surface area contributed by atoms with Gasteiger partial charge < -0.3 is 5.32 Å². The normalized spacial score (nSPS) is 16.4. The predicted octanol–water partition coefficient (Wildman–Crippen LogP) is 2.70. The third-order valence-corrected chi connectivity index (χ3v) is 4.67. The van der Waals surface area contributed by atoms with E-state index in [-0.39, 0.29) is 0 Å². The minimum atomic E-state index is 0.393. The van der Waals surface area contributed by atoms with Gasteiger partial charge in [0.25, 0.3) is 0 Å². The lowest BCUT2D eigenvalue weighted by atomic mass is 10.1. The maximum absolute atomic E-state index is 4.52. The SMILES string of the molecule is C=CCn1cc(CNCC(c2cccnc2)N2CCCC2)c(C)n1. The van der Waals surface area contributed by atoms with Gasteiger partial charge in [0.05, 0.1) is 12.2 Å². The number of aromatic nitrogens is 3. The Hall–Kier alpha value is -1.98. The molecule has 5 nitrogen and oxygen atoms in total. The minimum Gasteiger partial charge on any atom is -0.311 e. The van der Waals surface area contributed by atoms with Crippen molar-refractivity contribution in [2.45, 2.75) is 38.9 Å². The first kappa shape index (κ1) is 16.9. The zero-order chi connectivity index (χ0) is 16.8. The van der Waals surface area contributed by atoms with Crippen molar-refractivity contribution in [3.05, 3.63) is 60.2 Å². The molecule has 128 valence electrons. The topological polar surface area (TPSA) is 46.0 Å². The van der Waals surface area contributed by atoms with Gasteiger partial charge in [-0.2, -0.15) is 5.10 Å². The zero-order valence-corrected chi connectivity index (χ0v) is 14.5. The molecule has 1 saturated heterocycles. The molecule has 0 aromatic carbocycles. The van der Waals surface area contributed by atoms with Crippen LogP contribution in [0, 0.1) is 6.92 Å². The van der Waals surface area contributed by atoms with E-state index >= 15 is 0 Å². The van der Waals surface area contributed by atoms with Gasteiger partial charge in [-0.05, 0) is 44.5 Å². The fraction of sp³-hybridized carbons (Fsp3) is 0.474. The van der Waals surface area contributed by atoms with Crippen molar-refractivity contribution in [2.75, 3.05) is 19.6 Å². The summed E-state index contributed by atoms with van der Waals surface area (Å²) in [5.41, 5.74) is 3.64. The third kappa shape index (κ3) is 4.10. The molecule has 1 unspecified atom stereocenters. The first-order valence-corrected chi connectivity index (χ1v) is 8.76. The van der Waals surface area contributed by atoms with Gasteiger partial charge in [-0.1, -0.05) is 12.1 Å². The second-order valence-electron chi connectivity index (χ2n) is 6.43. The largest absolute Gasteiger partial charge is 0.311 e. The van der Waals surface area contributed by atoms with Crippen molar-refractivity contribution in [3.8, 4) is 0 Å². The number of aryl methyl sites for hydroxylation is 1. The van der Waals surface area contributed by atoms with E-state index in [0.29, 0.717) is 6.04 Å². The maximum Gasteiger partial charge on any atom is 0.0638 e. The molecule has 1 N–H and O–H groups in total. The van der Waals surface area contributed by atoms with Crippen LogP contribution in [0.5, 0.6) is 0 Å². The Bertz CT molecular complexity index is 643. The lowest BCUT2D eigenvalue weighted by molar-refractivity contribution is 0.238. The number of likely N-dealkylation sites (tertiary alicyclic amines) is 1. The van der Waals surface area contributed by atoms with E-state index in [1.807, 2.05) is 29.2 Å². The molecule has 5 heteroatoms. The van der Waals surface area contributed by atoms with Crippen molar-refractivity contribution in [3.63, 3.8) is 0 Å². The molecule has 0 bridgehead atoms. The highest BCUT2D eigenvalue weighted by atomic mass is 15.3. The quantitative estimate of drug-likeness (QED) is 0.758. The second-order valence-corrected chi connectivity index (χ2v) is 6.43. The first-order valence-electron chi connectivity index (χ1n) is 8.76. The number of pyridine rings is 1. The van der Waals surface area contributed by atoms with Crippen LogP contribution in [0.4, 0.5) is 0 Å². The standard InChI is InChI=1S/C19H27N5/c1-3-9-24-15-18(16(2)22-24)13-21-14-19(23-10-4-5-11-23)17-7-6-8-20-12-17/h3,6-8,12,15,19,21H,1,4-5,9-11,13-14H2,2H3. The summed E-state index contributed by atoms with van der Waals surface area (Å²) in [6.07, 6.45) is 10.4. The molecule has 3 heterocycles. The number of hydrogen-bond donors (Lipinski definition) is 1. The van der Waals surface area contributed by atoms with Crippen LogP contribution < -0.4 is 5.32 Å². The molecular formula is C19H27N5. The fourth-order valence-corrected chi connectivity index (χ4v) is 3.39. The van der Waals surface area contributed by atoms with Crippen LogP contribution in [0.15, 0.2) is 43.4 Å².